The minimum absolute atomic E-state index is 0.227. The quantitative estimate of drug-likeness (QED) is 0.498. The van der Waals surface area contributed by atoms with Gasteiger partial charge in [0.15, 0.2) is 0 Å². The molecule has 0 aliphatic carbocycles. The van der Waals surface area contributed by atoms with Crippen molar-refractivity contribution >= 4 is 34.4 Å². The van der Waals surface area contributed by atoms with Crippen molar-refractivity contribution in [1.82, 2.24) is 15.2 Å². The summed E-state index contributed by atoms with van der Waals surface area (Å²) in [6, 6.07) is 17.1. The molecule has 2 heterocycles. The van der Waals surface area contributed by atoms with E-state index < -0.39 is 17.6 Å². The van der Waals surface area contributed by atoms with Gasteiger partial charge >= 0.3 is 0 Å². The van der Waals surface area contributed by atoms with Crippen molar-refractivity contribution in [1.29, 1.82) is 0 Å². The summed E-state index contributed by atoms with van der Waals surface area (Å²) in [5.74, 6) is -1.06. The zero-order chi connectivity index (χ0) is 22.6. The van der Waals surface area contributed by atoms with E-state index in [1.54, 1.807) is 4.57 Å². The highest BCUT2D eigenvalue weighted by Crippen LogP contribution is 2.32. The molecule has 0 bridgehead atoms. The Labute approximate surface area is 185 Å². The highest BCUT2D eigenvalue weighted by atomic mass is 35.5. The molecule has 164 valence electrons. The minimum Gasteiger partial charge on any atom is -0.481 e. The lowest BCUT2D eigenvalue weighted by Gasteiger charge is -2.43. The predicted molar refractivity (Wildman–Crippen MR) is 120 cm³/mol. The Morgan fingerprint density at radius 2 is 1.87 bits per heavy atom. The first kappa shape index (κ1) is 22.8. The van der Waals surface area contributed by atoms with Crippen LogP contribution in [-0.4, -0.2) is 45.9 Å². The van der Waals surface area contributed by atoms with E-state index in [9.17, 15) is 9.90 Å². The fourth-order valence-corrected chi connectivity index (χ4v) is 4.32. The number of hydrogen-bond donors (Lipinski definition) is 4. The second kappa shape index (κ2) is 9.51. The van der Waals surface area contributed by atoms with E-state index >= 15 is 0 Å². The Hall–Kier alpha value is -2.87. The number of benzene rings is 2. The van der Waals surface area contributed by atoms with Gasteiger partial charge in [-0.1, -0.05) is 54.1 Å². The number of halogens is 1. The molecule has 4 N–H and O–H groups in total. The maximum Gasteiger partial charge on any atom is 0.300 e. The molecule has 1 aromatic heterocycles. The number of β-amino-alcohol motifs (C(OH)–C–C–N with tert-alkyl or cyclic N) is 1. The molecule has 2 aromatic carbocycles. The van der Waals surface area contributed by atoms with Crippen LogP contribution in [0.3, 0.4) is 0 Å². The van der Waals surface area contributed by atoms with Gasteiger partial charge in [-0.05, 0) is 30.7 Å². The number of carboxylic acid groups (broad SMARTS) is 1. The Balaban J connectivity index is 0.000000628. The van der Waals surface area contributed by atoms with Crippen LogP contribution in [0.5, 0.6) is 0 Å². The number of amides is 1. The number of carbonyl (C=O) groups excluding carboxylic acids is 1. The number of aliphatic carboxylic acids is 1. The first-order valence-corrected chi connectivity index (χ1v) is 10.3. The molecule has 0 saturated carbocycles. The van der Waals surface area contributed by atoms with Crippen LogP contribution in [0, 0.1) is 0 Å². The minimum atomic E-state index is -0.833. The number of fused-ring (bicyclic) bond motifs is 1. The average molecular weight is 444 g/mol. The summed E-state index contributed by atoms with van der Waals surface area (Å²) < 4.78 is 1.80. The molecule has 1 aliphatic heterocycles. The standard InChI is InChI=1S/C21H22ClN3O2.C2H4O2/c1-25-17(12-14-6-5-9-16(22)19(14)25)20(27)24-21(10-11-23-13-18(21)26)15-7-3-2-4-8-15;1-2(3)4/h2-9,12,18,23,26H,10-11,13H2,1H3,(H,24,27);1H3,(H,3,4)/t18-,21-;/m1./s1. The van der Waals surface area contributed by atoms with E-state index in [2.05, 4.69) is 10.6 Å². The summed E-state index contributed by atoms with van der Waals surface area (Å²) in [6.07, 6.45) is -0.120. The Kier molecular flexibility index (Phi) is 7.00. The van der Waals surface area contributed by atoms with Crippen LogP contribution in [0.25, 0.3) is 10.9 Å². The van der Waals surface area contributed by atoms with Gasteiger partial charge in [0.05, 0.1) is 22.2 Å². The van der Waals surface area contributed by atoms with E-state index in [1.165, 1.54) is 0 Å². The lowest BCUT2D eigenvalue weighted by Crippen LogP contribution is -2.61. The number of aryl methyl sites for hydroxylation is 1. The summed E-state index contributed by atoms with van der Waals surface area (Å²) in [4.78, 5) is 22.2. The van der Waals surface area contributed by atoms with Crippen LogP contribution < -0.4 is 10.6 Å². The first-order chi connectivity index (χ1) is 14.8. The number of aromatic nitrogens is 1. The van der Waals surface area contributed by atoms with Gasteiger partial charge in [-0.15, -0.1) is 0 Å². The fourth-order valence-electron chi connectivity index (χ4n) is 4.01. The smallest absolute Gasteiger partial charge is 0.300 e. The maximum absolute atomic E-state index is 13.2. The molecule has 4 rings (SSSR count). The van der Waals surface area contributed by atoms with E-state index in [1.807, 2.05) is 61.6 Å². The predicted octanol–water partition coefficient (Wildman–Crippen LogP) is 2.90. The second-order valence-corrected chi connectivity index (χ2v) is 7.95. The highest BCUT2D eigenvalue weighted by molar-refractivity contribution is 6.35. The molecule has 1 amide bonds. The molecule has 7 nitrogen and oxygen atoms in total. The fraction of sp³-hybridized carbons (Fsp3) is 0.304. The molecule has 2 atom stereocenters. The number of aliphatic hydroxyl groups is 1. The van der Waals surface area contributed by atoms with E-state index in [-0.39, 0.29) is 5.91 Å². The molecule has 0 spiro atoms. The van der Waals surface area contributed by atoms with Crippen LogP contribution in [0.15, 0.2) is 54.6 Å². The van der Waals surface area contributed by atoms with Gasteiger partial charge in [0.25, 0.3) is 11.9 Å². The number of para-hydroxylation sites is 1. The summed E-state index contributed by atoms with van der Waals surface area (Å²) in [5.41, 5.74) is 1.41. The number of hydrogen-bond acceptors (Lipinski definition) is 4. The lowest BCUT2D eigenvalue weighted by molar-refractivity contribution is -0.134. The summed E-state index contributed by atoms with van der Waals surface area (Å²) in [6.45, 7) is 2.23. The van der Waals surface area contributed by atoms with Gasteiger partial charge in [-0.2, -0.15) is 0 Å². The molecule has 3 aromatic rings. The first-order valence-electron chi connectivity index (χ1n) is 9.96. The van der Waals surface area contributed by atoms with E-state index in [0.29, 0.717) is 30.2 Å². The highest BCUT2D eigenvalue weighted by Gasteiger charge is 2.43. The molecule has 31 heavy (non-hydrogen) atoms. The molecule has 1 saturated heterocycles. The third-order valence-electron chi connectivity index (χ3n) is 5.47. The van der Waals surface area contributed by atoms with Crippen molar-refractivity contribution in [3.8, 4) is 0 Å². The van der Waals surface area contributed by atoms with Crippen LogP contribution in [-0.2, 0) is 17.4 Å². The number of piperidine rings is 1. The third kappa shape index (κ3) is 4.74. The van der Waals surface area contributed by atoms with Crippen molar-refractivity contribution < 1.29 is 19.8 Å². The number of carboxylic acids is 1. The van der Waals surface area contributed by atoms with Crippen molar-refractivity contribution in [3.05, 3.63) is 70.9 Å². The Morgan fingerprint density at radius 1 is 1.19 bits per heavy atom. The number of aliphatic hydroxyl groups excluding tert-OH is 1. The number of nitrogens with zero attached hydrogens (tertiary/aromatic N) is 1. The Morgan fingerprint density at radius 3 is 2.48 bits per heavy atom. The van der Waals surface area contributed by atoms with E-state index in [4.69, 9.17) is 21.5 Å². The summed E-state index contributed by atoms with van der Waals surface area (Å²) in [5, 5.41) is 26.1. The third-order valence-corrected chi connectivity index (χ3v) is 5.77. The molecular weight excluding hydrogens is 418 g/mol. The monoisotopic (exact) mass is 443 g/mol. The second-order valence-electron chi connectivity index (χ2n) is 7.55. The molecular formula is C23H26ClN3O4. The average Bonchev–Trinajstić information content (AvgIpc) is 3.08. The van der Waals surface area contributed by atoms with Gasteiger partial charge < -0.3 is 25.4 Å². The van der Waals surface area contributed by atoms with Crippen molar-refractivity contribution in [2.24, 2.45) is 7.05 Å². The van der Waals surface area contributed by atoms with Crippen molar-refractivity contribution in [2.75, 3.05) is 13.1 Å². The van der Waals surface area contributed by atoms with Gasteiger partial charge in [0.2, 0.25) is 0 Å². The molecule has 0 unspecified atom stereocenters. The van der Waals surface area contributed by atoms with E-state index in [0.717, 1.165) is 23.4 Å². The molecule has 0 radical (unpaired) electrons. The number of nitrogens with one attached hydrogen (secondary N) is 2. The normalized spacial score (nSPS) is 20.6. The molecule has 1 aliphatic rings. The lowest BCUT2D eigenvalue weighted by atomic mass is 9.79. The largest absolute Gasteiger partial charge is 0.481 e. The zero-order valence-electron chi connectivity index (χ0n) is 17.4. The van der Waals surface area contributed by atoms with Gasteiger partial charge in [-0.3, -0.25) is 9.59 Å². The van der Waals surface area contributed by atoms with Gasteiger partial charge in [0, 0.05) is 25.9 Å². The van der Waals surface area contributed by atoms with Crippen molar-refractivity contribution in [2.45, 2.75) is 25.0 Å². The molecule has 1 fully saturated rings. The van der Waals surface area contributed by atoms with Crippen LogP contribution >= 0.6 is 11.6 Å². The maximum atomic E-state index is 13.2. The van der Waals surface area contributed by atoms with Crippen LogP contribution in [0.4, 0.5) is 0 Å². The van der Waals surface area contributed by atoms with Crippen LogP contribution in [0.2, 0.25) is 5.02 Å². The van der Waals surface area contributed by atoms with Crippen molar-refractivity contribution in [3.63, 3.8) is 0 Å². The zero-order valence-corrected chi connectivity index (χ0v) is 18.2. The summed E-state index contributed by atoms with van der Waals surface area (Å²) >= 11 is 6.32. The van der Waals surface area contributed by atoms with Gasteiger partial charge in [0.1, 0.15) is 5.69 Å². The van der Waals surface area contributed by atoms with Gasteiger partial charge in [-0.25, -0.2) is 0 Å². The SMILES string of the molecule is CC(=O)O.Cn1c(C(=O)N[C@@]2(c3ccccc3)CCNC[C@H]2O)cc2cccc(Cl)c21. The summed E-state index contributed by atoms with van der Waals surface area (Å²) in [7, 11) is 1.83. The number of carbonyl (C=O) groups is 2. The Bertz CT molecular complexity index is 1080. The number of rotatable bonds is 3. The molecule has 8 heteroatoms. The topological polar surface area (TPSA) is 104 Å². The van der Waals surface area contributed by atoms with Crippen LogP contribution in [0.1, 0.15) is 29.4 Å².